The lowest BCUT2D eigenvalue weighted by molar-refractivity contribution is -0.137. The Bertz CT molecular complexity index is 1290. The Labute approximate surface area is 219 Å². The van der Waals surface area contributed by atoms with E-state index >= 15 is 0 Å². The van der Waals surface area contributed by atoms with Gasteiger partial charge in [-0.15, -0.1) is 0 Å². The van der Waals surface area contributed by atoms with Gasteiger partial charge >= 0.3 is 12.3 Å². The fourth-order valence-corrected chi connectivity index (χ4v) is 4.23. The zero-order valence-corrected chi connectivity index (χ0v) is 21.4. The molecule has 1 aromatic heterocycles. The summed E-state index contributed by atoms with van der Waals surface area (Å²) in [6.07, 6.45) is -6.05. The van der Waals surface area contributed by atoms with Gasteiger partial charge in [-0.1, -0.05) is 12.1 Å². The fourth-order valence-electron chi connectivity index (χ4n) is 4.23. The standard InChI is InChI=1S/C28H30F3N3O4/c1-27(2,3)38-26(37)33-13-14-34(21-10-8-20(9-11-21)28(29,30)31)24-12-7-18(15-19(24)16-33)22-5-4-6-23(32-22)25(36)17-35/h4-12,15,25,35-36H,13-14,16-17H2,1-3H3. The third-order valence-corrected chi connectivity index (χ3v) is 6.06. The number of fused-ring (bicyclic) bond motifs is 1. The predicted octanol–water partition coefficient (Wildman–Crippen LogP) is 5.68. The maximum absolute atomic E-state index is 13.1. The minimum atomic E-state index is -4.44. The number of carbonyl (C=O) groups excluding carboxylic acids is 1. The van der Waals surface area contributed by atoms with E-state index in [4.69, 9.17) is 4.74 Å². The molecule has 0 saturated carbocycles. The van der Waals surface area contributed by atoms with E-state index in [9.17, 15) is 28.2 Å². The quantitative estimate of drug-likeness (QED) is 0.452. The summed E-state index contributed by atoms with van der Waals surface area (Å²) in [5, 5.41) is 19.3. The van der Waals surface area contributed by atoms with Gasteiger partial charge in [0.25, 0.3) is 0 Å². The summed E-state index contributed by atoms with van der Waals surface area (Å²) in [6.45, 7) is 5.72. The van der Waals surface area contributed by atoms with Crippen molar-refractivity contribution in [2.45, 2.75) is 45.2 Å². The van der Waals surface area contributed by atoms with Gasteiger partial charge in [0.1, 0.15) is 11.7 Å². The molecule has 4 rings (SSSR count). The van der Waals surface area contributed by atoms with Gasteiger partial charge in [-0.3, -0.25) is 0 Å². The highest BCUT2D eigenvalue weighted by molar-refractivity contribution is 5.75. The molecule has 0 saturated heterocycles. The lowest BCUT2D eigenvalue weighted by Crippen LogP contribution is -2.38. The van der Waals surface area contributed by atoms with E-state index in [0.717, 1.165) is 23.4 Å². The molecule has 38 heavy (non-hydrogen) atoms. The summed E-state index contributed by atoms with van der Waals surface area (Å²) in [6, 6.07) is 15.6. The first-order valence-electron chi connectivity index (χ1n) is 12.2. The number of ether oxygens (including phenoxy) is 1. The van der Waals surface area contributed by atoms with Crippen LogP contribution in [0.25, 0.3) is 11.3 Å². The van der Waals surface area contributed by atoms with E-state index < -0.39 is 36.1 Å². The molecular formula is C28H30F3N3O4. The Morgan fingerprint density at radius 1 is 1.05 bits per heavy atom. The molecule has 1 aliphatic rings. The Hall–Kier alpha value is -3.63. The number of alkyl halides is 3. The third-order valence-electron chi connectivity index (χ3n) is 6.06. The molecule has 2 aromatic carbocycles. The van der Waals surface area contributed by atoms with Crippen molar-refractivity contribution >= 4 is 17.5 Å². The Morgan fingerprint density at radius 3 is 2.39 bits per heavy atom. The maximum atomic E-state index is 13.1. The number of aliphatic hydroxyl groups is 2. The van der Waals surface area contributed by atoms with Crippen LogP contribution in [0.15, 0.2) is 60.7 Å². The summed E-state index contributed by atoms with van der Waals surface area (Å²) in [7, 11) is 0. The number of halogens is 3. The van der Waals surface area contributed by atoms with Crippen LogP contribution in [0.4, 0.5) is 29.3 Å². The highest BCUT2D eigenvalue weighted by Crippen LogP contribution is 2.37. The number of rotatable bonds is 4. The first kappa shape index (κ1) is 27.4. The summed E-state index contributed by atoms with van der Waals surface area (Å²) >= 11 is 0. The monoisotopic (exact) mass is 529 g/mol. The topological polar surface area (TPSA) is 86.1 Å². The summed E-state index contributed by atoms with van der Waals surface area (Å²) in [5.41, 5.74) is 2.22. The van der Waals surface area contributed by atoms with Gasteiger partial charge in [-0.25, -0.2) is 9.78 Å². The number of pyridine rings is 1. The molecule has 0 radical (unpaired) electrons. The van der Waals surface area contributed by atoms with Crippen LogP contribution in [0.1, 0.15) is 43.7 Å². The van der Waals surface area contributed by atoms with Crippen molar-refractivity contribution in [3.8, 4) is 11.3 Å². The van der Waals surface area contributed by atoms with Crippen molar-refractivity contribution in [1.29, 1.82) is 0 Å². The van der Waals surface area contributed by atoms with Crippen molar-refractivity contribution in [1.82, 2.24) is 9.88 Å². The molecule has 10 heteroatoms. The Morgan fingerprint density at radius 2 is 1.76 bits per heavy atom. The second-order valence-corrected chi connectivity index (χ2v) is 10.1. The van der Waals surface area contributed by atoms with Gasteiger partial charge in [-0.2, -0.15) is 13.2 Å². The number of anilines is 2. The Kier molecular flexibility index (Phi) is 7.66. The maximum Gasteiger partial charge on any atom is 0.416 e. The van der Waals surface area contributed by atoms with Crippen molar-refractivity contribution in [3.05, 3.63) is 77.5 Å². The molecule has 1 amide bonds. The molecule has 2 heterocycles. The average molecular weight is 530 g/mol. The van der Waals surface area contributed by atoms with E-state index in [2.05, 4.69) is 4.98 Å². The van der Waals surface area contributed by atoms with Crippen LogP contribution in [0.2, 0.25) is 0 Å². The van der Waals surface area contributed by atoms with Crippen LogP contribution in [0.5, 0.6) is 0 Å². The predicted molar refractivity (Wildman–Crippen MR) is 137 cm³/mol. The molecule has 0 bridgehead atoms. The highest BCUT2D eigenvalue weighted by atomic mass is 19.4. The smallest absolute Gasteiger partial charge is 0.416 e. The van der Waals surface area contributed by atoms with Gasteiger partial charge in [0.2, 0.25) is 0 Å². The van der Waals surface area contributed by atoms with E-state index in [1.807, 2.05) is 23.1 Å². The minimum absolute atomic E-state index is 0.216. The second kappa shape index (κ2) is 10.6. The summed E-state index contributed by atoms with van der Waals surface area (Å²) in [4.78, 5) is 20.9. The molecule has 1 atom stereocenters. The SMILES string of the molecule is CC(C)(C)OC(=O)N1CCN(c2ccc(C(F)(F)F)cc2)c2ccc(-c3cccc(C(O)CO)n3)cc2C1. The minimum Gasteiger partial charge on any atom is -0.444 e. The first-order chi connectivity index (χ1) is 17.9. The van der Waals surface area contributed by atoms with E-state index in [-0.39, 0.29) is 13.1 Å². The number of hydrogen-bond donors (Lipinski definition) is 2. The van der Waals surface area contributed by atoms with Crippen LogP contribution >= 0.6 is 0 Å². The average Bonchev–Trinajstić information content (AvgIpc) is 3.06. The molecule has 0 fully saturated rings. The number of hydrogen-bond acceptors (Lipinski definition) is 6. The molecule has 1 unspecified atom stereocenters. The number of aromatic nitrogens is 1. The second-order valence-electron chi connectivity index (χ2n) is 10.1. The molecule has 2 N–H and O–H groups in total. The lowest BCUT2D eigenvalue weighted by Gasteiger charge is -2.27. The van der Waals surface area contributed by atoms with Gasteiger partial charge in [0.05, 0.1) is 30.1 Å². The number of benzene rings is 2. The van der Waals surface area contributed by atoms with Gasteiger partial charge < -0.3 is 24.7 Å². The lowest BCUT2D eigenvalue weighted by atomic mass is 10.0. The largest absolute Gasteiger partial charge is 0.444 e. The first-order valence-corrected chi connectivity index (χ1v) is 12.2. The van der Waals surface area contributed by atoms with Crippen molar-refractivity contribution in [3.63, 3.8) is 0 Å². The van der Waals surface area contributed by atoms with Crippen LogP contribution in [-0.4, -0.2) is 51.5 Å². The molecule has 1 aliphatic heterocycles. The zero-order chi connectivity index (χ0) is 27.7. The van der Waals surface area contributed by atoms with Gasteiger partial charge in [0.15, 0.2) is 0 Å². The van der Waals surface area contributed by atoms with Crippen LogP contribution in [0, 0.1) is 0 Å². The van der Waals surface area contributed by atoms with E-state index in [1.165, 1.54) is 12.1 Å². The van der Waals surface area contributed by atoms with E-state index in [1.54, 1.807) is 43.9 Å². The van der Waals surface area contributed by atoms with Crippen LogP contribution in [-0.2, 0) is 17.5 Å². The zero-order valence-electron chi connectivity index (χ0n) is 21.4. The fraction of sp³-hybridized carbons (Fsp3) is 0.357. The van der Waals surface area contributed by atoms with Crippen molar-refractivity contribution in [2.75, 3.05) is 24.6 Å². The highest BCUT2D eigenvalue weighted by Gasteiger charge is 2.31. The van der Waals surface area contributed by atoms with Gasteiger partial charge in [-0.05, 0) is 74.9 Å². The number of carbonyl (C=O) groups is 1. The number of nitrogens with zero attached hydrogens (tertiary/aromatic N) is 3. The summed E-state index contributed by atoms with van der Waals surface area (Å²) in [5.74, 6) is 0. The molecular weight excluding hydrogens is 499 g/mol. The number of aliphatic hydroxyl groups excluding tert-OH is 2. The van der Waals surface area contributed by atoms with Gasteiger partial charge in [0, 0.05) is 30.0 Å². The van der Waals surface area contributed by atoms with Crippen LogP contribution in [0.3, 0.4) is 0 Å². The Balaban J connectivity index is 1.75. The molecule has 0 aliphatic carbocycles. The van der Waals surface area contributed by atoms with Crippen LogP contribution < -0.4 is 4.90 Å². The van der Waals surface area contributed by atoms with Crippen molar-refractivity contribution in [2.24, 2.45) is 0 Å². The van der Waals surface area contributed by atoms with Crippen molar-refractivity contribution < 1.29 is 32.9 Å². The normalized spacial score (nSPS) is 15.1. The molecule has 0 spiro atoms. The summed E-state index contributed by atoms with van der Waals surface area (Å²) < 4.78 is 45.0. The molecule has 3 aromatic rings. The molecule has 202 valence electrons. The van der Waals surface area contributed by atoms with E-state index in [0.29, 0.717) is 29.2 Å². The molecule has 7 nitrogen and oxygen atoms in total. The number of amides is 1. The third kappa shape index (κ3) is 6.25.